The summed E-state index contributed by atoms with van der Waals surface area (Å²) < 4.78 is 27.2. The summed E-state index contributed by atoms with van der Waals surface area (Å²) in [4.78, 5) is 15.7. The average molecular weight is 345 g/mol. The maximum atomic E-state index is 12.3. The van der Waals surface area contributed by atoms with Gasteiger partial charge in [-0.1, -0.05) is 32.1 Å². The van der Waals surface area contributed by atoms with Crippen LogP contribution in [-0.4, -0.2) is 19.3 Å². The van der Waals surface area contributed by atoms with Crippen LogP contribution in [-0.2, 0) is 15.4 Å². The topological polar surface area (TPSA) is 102 Å². The van der Waals surface area contributed by atoms with Crippen molar-refractivity contribution in [1.29, 1.82) is 0 Å². The van der Waals surface area contributed by atoms with Crippen molar-refractivity contribution < 1.29 is 13.2 Å². The summed E-state index contributed by atoms with van der Waals surface area (Å²) in [6.07, 6.45) is 1.28. The number of amides is 1. The highest BCUT2D eigenvalue weighted by Gasteiger charge is 2.23. The molecule has 2 aromatic rings. The highest BCUT2D eigenvalue weighted by Crippen LogP contribution is 2.33. The number of anilines is 1. The van der Waals surface area contributed by atoms with Crippen molar-refractivity contribution in [2.45, 2.75) is 30.4 Å². The number of nitrogens with zero attached hydrogens (tertiary/aromatic N) is 1. The van der Waals surface area contributed by atoms with Crippen LogP contribution in [0.3, 0.4) is 0 Å². The number of carbonyl (C=O) groups excluding carboxylic acids is 1. The molecule has 0 aliphatic rings. The fourth-order valence-electron chi connectivity index (χ4n) is 1.49. The van der Waals surface area contributed by atoms with Gasteiger partial charge >= 0.3 is 0 Å². The summed E-state index contributed by atoms with van der Waals surface area (Å²) in [5, 5.41) is 0.323. The summed E-state index contributed by atoms with van der Waals surface area (Å²) in [5.74, 6) is -0.684. The second kappa shape index (κ2) is 5.39. The largest absolute Gasteiger partial charge is 0.364 e. The van der Waals surface area contributed by atoms with Crippen LogP contribution in [0.15, 0.2) is 22.5 Å². The first kappa shape index (κ1) is 15.9. The first-order valence-electron chi connectivity index (χ1n) is 5.98. The minimum absolute atomic E-state index is 0.0641. The molecule has 0 bridgehead atoms. The standard InChI is InChI=1S/C12H15N3O3S3/c1-12(2,3)7-4-5-9(19-7)21(17,18)15-8-6-14-11(20-8)10(13)16/h4-6,15H,1-3H3,(H2,13,16). The molecule has 0 aliphatic heterocycles. The van der Waals surface area contributed by atoms with Crippen molar-refractivity contribution in [1.82, 2.24) is 4.98 Å². The number of rotatable bonds is 4. The lowest BCUT2D eigenvalue weighted by Gasteiger charge is -2.15. The van der Waals surface area contributed by atoms with Crippen molar-refractivity contribution in [3.05, 3.63) is 28.2 Å². The van der Waals surface area contributed by atoms with E-state index in [0.717, 1.165) is 16.2 Å². The third-order valence-corrected chi connectivity index (χ3v) is 6.96. The Kier molecular flexibility index (Phi) is 4.09. The van der Waals surface area contributed by atoms with Crippen LogP contribution in [0.5, 0.6) is 0 Å². The maximum Gasteiger partial charge on any atom is 0.277 e. The first-order valence-corrected chi connectivity index (χ1v) is 9.10. The Hall–Kier alpha value is -1.45. The molecule has 3 N–H and O–H groups in total. The lowest BCUT2D eigenvalue weighted by molar-refractivity contribution is 0.1000. The zero-order valence-electron chi connectivity index (χ0n) is 11.7. The lowest BCUT2D eigenvalue weighted by atomic mass is 9.95. The van der Waals surface area contributed by atoms with E-state index in [2.05, 4.69) is 9.71 Å². The van der Waals surface area contributed by atoms with Crippen LogP contribution in [0.25, 0.3) is 0 Å². The second-order valence-corrected chi connectivity index (χ2v) is 9.39. The second-order valence-electron chi connectivity index (χ2n) is 5.37. The van der Waals surface area contributed by atoms with E-state index < -0.39 is 15.9 Å². The van der Waals surface area contributed by atoms with Crippen LogP contribution in [0, 0.1) is 0 Å². The molecular formula is C12H15N3O3S3. The fraction of sp³-hybridized carbons (Fsp3) is 0.333. The number of carbonyl (C=O) groups is 1. The van der Waals surface area contributed by atoms with E-state index in [0.29, 0.717) is 0 Å². The lowest BCUT2D eigenvalue weighted by Crippen LogP contribution is -2.11. The number of hydrogen-bond donors (Lipinski definition) is 2. The predicted molar refractivity (Wildman–Crippen MR) is 84.5 cm³/mol. The predicted octanol–water partition coefficient (Wildman–Crippen LogP) is 2.40. The quantitative estimate of drug-likeness (QED) is 0.888. The molecule has 0 radical (unpaired) electrons. The highest BCUT2D eigenvalue weighted by molar-refractivity contribution is 7.94. The third-order valence-electron chi connectivity index (χ3n) is 2.54. The van der Waals surface area contributed by atoms with Gasteiger partial charge in [-0.05, 0) is 17.5 Å². The van der Waals surface area contributed by atoms with E-state index in [1.54, 1.807) is 12.1 Å². The summed E-state index contributed by atoms with van der Waals surface area (Å²) in [5.41, 5.74) is 4.98. The number of aromatic nitrogens is 1. The Morgan fingerprint density at radius 3 is 2.43 bits per heavy atom. The molecule has 0 spiro atoms. The Labute approximate surface area is 131 Å². The summed E-state index contributed by atoms with van der Waals surface area (Å²) >= 11 is 2.12. The van der Waals surface area contributed by atoms with E-state index in [4.69, 9.17) is 5.73 Å². The average Bonchev–Trinajstić information content (AvgIpc) is 2.94. The molecule has 0 saturated carbocycles. The molecular weight excluding hydrogens is 330 g/mol. The van der Waals surface area contributed by atoms with Gasteiger partial charge in [0.25, 0.3) is 15.9 Å². The van der Waals surface area contributed by atoms with Gasteiger partial charge in [-0.25, -0.2) is 13.4 Å². The van der Waals surface area contributed by atoms with Gasteiger partial charge in [-0.15, -0.1) is 11.3 Å². The van der Waals surface area contributed by atoms with Crippen LogP contribution in [0.1, 0.15) is 35.5 Å². The zero-order chi connectivity index (χ0) is 15.8. The number of primary amides is 1. The van der Waals surface area contributed by atoms with Gasteiger partial charge in [-0.2, -0.15) is 0 Å². The van der Waals surface area contributed by atoms with Gasteiger partial charge in [0.15, 0.2) is 5.01 Å². The Balaban J connectivity index is 2.25. The van der Waals surface area contributed by atoms with Gasteiger partial charge in [0, 0.05) is 4.88 Å². The molecule has 21 heavy (non-hydrogen) atoms. The van der Waals surface area contributed by atoms with Crippen LogP contribution in [0.4, 0.5) is 5.00 Å². The van der Waals surface area contributed by atoms with Gasteiger partial charge in [0.05, 0.1) is 6.20 Å². The van der Waals surface area contributed by atoms with E-state index in [-0.39, 0.29) is 19.6 Å². The minimum Gasteiger partial charge on any atom is -0.364 e. The number of sulfonamides is 1. The van der Waals surface area contributed by atoms with Gasteiger partial charge in [-0.3, -0.25) is 9.52 Å². The van der Waals surface area contributed by atoms with Gasteiger partial charge in [0.1, 0.15) is 9.21 Å². The number of nitrogens with two attached hydrogens (primary N) is 1. The van der Waals surface area contributed by atoms with Crippen LogP contribution < -0.4 is 10.5 Å². The summed E-state index contributed by atoms with van der Waals surface area (Å²) in [6, 6.07) is 3.38. The van der Waals surface area contributed by atoms with Crippen molar-refractivity contribution in [2.24, 2.45) is 5.73 Å². The number of hydrogen-bond acceptors (Lipinski definition) is 6. The number of nitrogens with one attached hydrogen (secondary N) is 1. The minimum atomic E-state index is -3.68. The molecule has 6 nitrogen and oxygen atoms in total. The molecule has 9 heteroatoms. The number of thiophene rings is 1. The van der Waals surface area contributed by atoms with Gasteiger partial charge in [0.2, 0.25) is 0 Å². The molecule has 114 valence electrons. The van der Waals surface area contributed by atoms with E-state index in [9.17, 15) is 13.2 Å². The molecule has 2 rings (SSSR count). The fourth-order valence-corrected chi connectivity index (χ4v) is 4.79. The van der Waals surface area contributed by atoms with Crippen molar-refractivity contribution in [3.63, 3.8) is 0 Å². The Bertz CT molecular complexity index is 769. The van der Waals surface area contributed by atoms with Crippen molar-refractivity contribution in [3.8, 4) is 0 Å². The Morgan fingerprint density at radius 1 is 1.29 bits per heavy atom. The first-order chi connectivity index (χ1) is 9.59. The molecule has 0 atom stereocenters. The summed E-state index contributed by atoms with van der Waals surface area (Å²) in [6.45, 7) is 6.06. The zero-order valence-corrected chi connectivity index (χ0v) is 14.2. The monoisotopic (exact) mass is 345 g/mol. The molecule has 0 aromatic carbocycles. The van der Waals surface area contributed by atoms with E-state index in [1.165, 1.54) is 17.5 Å². The van der Waals surface area contributed by atoms with E-state index in [1.807, 2.05) is 20.8 Å². The molecule has 2 aromatic heterocycles. The number of thiazole rings is 1. The SMILES string of the molecule is CC(C)(C)c1ccc(S(=O)(=O)Nc2cnc(C(N)=O)s2)s1. The third kappa shape index (κ3) is 3.60. The normalized spacial score (nSPS) is 12.3. The molecule has 2 heterocycles. The molecule has 0 fully saturated rings. The molecule has 1 amide bonds. The molecule has 0 unspecified atom stereocenters. The molecule has 0 saturated heterocycles. The van der Waals surface area contributed by atoms with E-state index >= 15 is 0 Å². The highest BCUT2D eigenvalue weighted by atomic mass is 32.2. The maximum absolute atomic E-state index is 12.3. The summed E-state index contributed by atoms with van der Waals surface area (Å²) in [7, 11) is -3.68. The van der Waals surface area contributed by atoms with Crippen molar-refractivity contribution >= 4 is 43.6 Å². The van der Waals surface area contributed by atoms with Gasteiger partial charge < -0.3 is 5.73 Å². The van der Waals surface area contributed by atoms with Crippen LogP contribution in [0.2, 0.25) is 0 Å². The molecule has 0 aliphatic carbocycles. The van der Waals surface area contributed by atoms with Crippen molar-refractivity contribution in [2.75, 3.05) is 4.72 Å². The van der Waals surface area contributed by atoms with Crippen LogP contribution >= 0.6 is 22.7 Å². The smallest absolute Gasteiger partial charge is 0.277 e. The Morgan fingerprint density at radius 2 is 1.95 bits per heavy atom.